The number of amides is 1. The molecule has 7 nitrogen and oxygen atoms in total. The first-order valence-corrected chi connectivity index (χ1v) is 14.4. The number of aromatic nitrogens is 1. The van der Waals surface area contributed by atoms with E-state index < -0.39 is 0 Å². The summed E-state index contributed by atoms with van der Waals surface area (Å²) in [5, 5.41) is 0.825. The van der Waals surface area contributed by atoms with Crippen LogP contribution in [0.3, 0.4) is 0 Å². The maximum Gasteiger partial charge on any atom is 0.410 e. The van der Waals surface area contributed by atoms with Crippen molar-refractivity contribution >= 4 is 32.8 Å². The van der Waals surface area contributed by atoms with Gasteiger partial charge in [0.15, 0.2) is 5.13 Å². The van der Waals surface area contributed by atoms with Gasteiger partial charge < -0.3 is 14.4 Å². The SMILES string of the molecule is CCN(CC1COCC(C)N1C(=O)OC1CC2(C1)CN(Cc1ccccc1)C2)c1nc2ccc(F)cc2s1. The minimum atomic E-state index is -0.261. The van der Waals surface area contributed by atoms with Gasteiger partial charge in [-0.1, -0.05) is 41.7 Å². The van der Waals surface area contributed by atoms with Crippen LogP contribution in [0.1, 0.15) is 32.3 Å². The van der Waals surface area contributed by atoms with Gasteiger partial charge in [0.2, 0.25) is 0 Å². The van der Waals surface area contributed by atoms with Crippen LogP contribution < -0.4 is 4.90 Å². The van der Waals surface area contributed by atoms with Gasteiger partial charge in [0, 0.05) is 38.1 Å². The highest BCUT2D eigenvalue weighted by Gasteiger charge is 2.54. The van der Waals surface area contributed by atoms with Crippen LogP contribution in [0.5, 0.6) is 0 Å². The molecule has 3 fully saturated rings. The van der Waals surface area contributed by atoms with Gasteiger partial charge in [-0.15, -0.1) is 0 Å². The summed E-state index contributed by atoms with van der Waals surface area (Å²) in [6.45, 7) is 9.48. The zero-order valence-electron chi connectivity index (χ0n) is 22.0. The fourth-order valence-electron chi connectivity index (χ4n) is 6.29. The topological polar surface area (TPSA) is 58.1 Å². The molecular formula is C29H35FN4O3S. The normalized spacial score (nSPS) is 23.3. The van der Waals surface area contributed by atoms with Gasteiger partial charge in [0.25, 0.3) is 0 Å². The minimum absolute atomic E-state index is 0.0153. The molecule has 1 amide bonds. The molecule has 1 spiro atoms. The number of hydrogen-bond donors (Lipinski definition) is 0. The Labute approximate surface area is 227 Å². The lowest BCUT2D eigenvalue weighted by Crippen LogP contribution is -2.64. The number of morpholine rings is 1. The van der Waals surface area contributed by atoms with E-state index in [9.17, 15) is 9.18 Å². The zero-order valence-corrected chi connectivity index (χ0v) is 22.8. The Morgan fingerprint density at radius 3 is 2.76 bits per heavy atom. The average molecular weight is 539 g/mol. The molecule has 38 heavy (non-hydrogen) atoms. The molecular weight excluding hydrogens is 503 g/mol. The maximum atomic E-state index is 13.7. The number of fused-ring (bicyclic) bond motifs is 1. The number of ether oxygens (including phenoxy) is 2. The van der Waals surface area contributed by atoms with E-state index in [1.165, 1.54) is 29.0 Å². The summed E-state index contributed by atoms with van der Waals surface area (Å²) in [7, 11) is 0. The van der Waals surface area contributed by atoms with E-state index in [-0.39, 0.29) is 30.1 Å². The van der Waals surface area contributed by atoms with Crippen LogP contribution in [0, 0.1) is 11.2 Å². The summed E-state index contributed by atoms with van der Waals surface area (Å²) < 4.78 is 26.4. The second kappa shape index (κ2) is 10.4. The Kier molecular flexibility index (Phi) is 7.01. The highest BCUT2D eigenvalue weighted by molar-refractivity contribution is 7.22. The Hall–Kier alpha value is -2.75. The predicted molar refractivity (Wildman–Crippen MR) is 147 cm³/mol. The van der Waals surface area contributed by atoms with Gasteiger partial charge in [-0.2, -0.15) is 0 Å². The van der Waals surface area contributed by atoms with Gasteiger partial charge >= 0.3 is 6.09 Å². The molecule has 0 radical (unpaired) electrons. The third-order valence-electron chi connectivity index (χ3n) is 8.13. The largest absolute Gasteiger partial charge is 0.446 e. The van der Waals surface area contributed by atoms with Crippen LogP contribution in [0.4, 0.5) is 14.3 Å². The van der Waals surface area contributed by atoms with Gasteiger partial charge in [-0.25, -0.2) is 14.2 Å². The Morgan fingerprint density at radius 1 is 1.21 bits per heavy atom. The number of anilines is 1. The van der Waals surface area contributed by atoms with Gasteiger partial charge in [-0.3, -0.25) is 9.80 Å². The van der Waals surface area contributed by atoms with E-state index in [1.54, 1.807) is 6.07 Å². The molecule has 3 heterocycles. The molecule has 2 atom stereocenters. The Bertz CT molecular complexity index is 1270. The predicted octanol–water partition coefficient (Wildman–Crippen LogP) is 5.15. The summed E-state index contributed by atoms with van der Waals surface area (Å²) in [5.74, 6) is -0.261. The first-order valence-electron chi connectivity index (χ1n) is 13.6. The molecule has 0 N–H and O–H groups in total. The quantitative estimate of drug-likeness (QED) is 0.415. The number of benzene rings is 2. The summed E-state index contributed by atoms with van der Waals surface area (Å²) in [6.07, 6.45) is 1.63. The van der Waals surface area contributed by atoms with Gasteiger partial charge in [0.1, 0.15) is 11.9 Å². The van der Waals surface area contributed by atoms with Crippen LogP contribution in [-0.4, -0.2) is 78.5 Å². The standard InChI is InChI=1S/C29H35FN4O3S/c1-3-33(27-31-25-10-9-22(30)11-26(25)38-27)15-23-17-36-16-20(2)34(23)28(35)37-24-12-29(13-24)18-32(19-29)14-21-7-5-4-6-8-21/h4-11,20,23-24H,3,12-19H2,1-2H3. The molecule has 3 aromatic rings. The zero-order chi connectivity index (χ0) is 26.3. The van der Waals surface area contributed by atoms with E-state index in [2.05, 4.69) is 47.1 Å². The van der Waals surface area contributed by atoms with Crippen molar-refractivity contribution < 1.29 is 18.7 Å². The van der Waals surface area contributed by atoms with Crippen LogP contribution in [0.2, 0.25) is 0 Å². The van der Waals surface area contributed by atoms with Gasteiger partial charge in [-0.05, 0) is 50.5 Å². The molecule has 0 bridgehead atoms. The number of halogens is 1. The lowest BCUT2D eigenvalue weighted by atomic mass is 9.61. The summed E-state index contributed by atoms with van der Waals surface area (Å²) >= 11 is 1.47. The molecule has 1 aromatic heterocycles. The number of nitrogens with zero attached hydrogens (tertiary/aromatic N) is 4. The van der Waals surface area contributed by atoms with Crippen molar-refractivity contribution in [2.24, 2.45) is 5.41 Å². The number of carbonyl (C=O) groups excluding carboxylic acids is 1. The molecule has 2 aromatic carbocycles. The summed E-state index contributed by atoms with van der Waals surface area (Å²) in [5.41, 5.74) is 2.43. The number of likely N-dealkylation sites (tertiary alicyclic amines) is 1. The molecule has 2 unspecified atom stereocenters. The van der Waals surface area contributed by atoms with Crippen molar-refractivity contribution in [3.8, 4) is 0 Å². The van der Waals surface area contributed by atoms with Crippen molar-refractivity contribution in [2.45, 2.75) is 51.4 Å². The Balaban J connectivity index is 1.05. The van der Waals surface area contributed by atoms with E-state index in [4.69, 9.17) is 14.5 Å². The molecule has 202 valence electrons. The fraction of sp³-hybridized carbons (Fsp3) is 0.517. The highest BCUT2D eigenvalue weighted by Crippen LogP contribution is 2.50. The number of hydrogen-bond acceptors (Lipinski definition) is 7. The monoisotopic (exact) mass is 538 g/mol. The number of carbonyl (C=O) groups is 1. The van der Waals surface area contributed by atoms with Crippen LogP contribution in [0.15, 0.2) is 48.5 Å². The van der Waals surface area contributed by atoms with E-state index in [0.717, 1.165) is 54.4 Å². The lowest BCUT2D eigenvalue weighted by Gasteiger charge is -2.58. The second-order valence-corrected chi connectivity index (χ2v) is 12.1. The molecule has 9 heteroatoms. The Morgan fingerprint density at radius 2 is 2.00 bits per heavy atom. The van der Waals surface area contributed by atoms with Gasteiger partial charge in [0.05, 0.1) is 35.5 Å². The van der Waals surface area contributed by atoms with E-state index in [1.807, 2.05) is 11.8 Å². The summed E-state index contributed by atoms with van der Waals surface area (Å²) in [4.78, 5) is 24.6. The van der Waals surface area contributed by atoms with E-state index in [0.29, 0.717) is 25.2 Å². The van der Waals surface area contributed by atoms with Crippen LogP contribution in [0.25, 0.3) is 10.2 Å². The maximum absolute atomic E-state index is 13.7. The van der Waals surface area contributed by atoms with Crippen LogP contribution >= 0.6 is 11.3 Å². The number of rotatable bonds is 7. The van der Waals surface area contributed by atoms with E-state index >= 15 is 0 Å². The van der Waals surface area contributed by atoms with Crippen molar-refractivity contribution in [1.82, 2.24) is 14.8 Å². The number of thiazole rings is 1. The van der Waals surface area contributed by atoms with Crippen molar-refractivity contribution in [2.75, 3.05) is 44.3 Å². The van der Waals surface area contributed by atoms with Crippen LogP contribution in [-0.2, 0) is 16.0 Å². The molecule has 3 aliphatic rings. The highest BCUT2D eigenvalue weighted by atomic mass is 32.1. The first kappa shape index (κ1) is 25.5. The smallest absolute Gasteiger partial charge is 0.410 e. The molecule has 1 aliphatic carbocycles. The molecule has 6 rings (SSSR count). The molecule has 2 saturated heterocycles. The third kappa shape index (κ3) is 5.11. The molecule has 1 saturated carbocycles. The number of likely N-dealkylation sites (N-methyl/N-ethyl adjacent to an activating group) is 1. The summed E-state index contributed by atoms with van der Waals surface area (Å²) in [6, 6.07) is 15.0. The average Bonchev–Trinajstić information content (AvgIpc) is 3.28. The van der Waals surface area contributed by atoms with Crippen molar-refractivity contribution in [1.29, 1.82) is 0 Å². The minimum Gasteiger partial charge on any atom is -0.446 e. The lowest BCUT2D eigenvalue weighted by molar-refractivity contribution is -0.141. The first-order chi connectivity index (χ1) is 18.4. The van der Waals surface area contributed by atoms with Crippen molar-refractivity contribution in [3.05, 3.63) is 59.9 Å². The third-order valence-corrected chi connectivity index (χ3v) is 9.21. The molecule has 2 aliphatic heterocycles. The fourth-order valence-corrected chi connectivity index (χ4v) is 7.35. The van der Waals surface area contributed by atoms with Crippen molar-refractivity contribution in [3.63, 3.8) is 0 Å². The second-order valence-electron chi connectivity index (χ2n) is 11.1.